The van der Waals surface area contributed by atoms with Crippen LogP contribution < -0.4 is 0 Å². The van der Waals surface area contributed by atoms with Gasteiger partial charge in [-0.15, -0.1) is 0 Å². The van der Waals surface area contributed by atoms with E-state index >= 15 is 0 Å². The first kappa shape index (κ1) is 14.1. The van der Waals surface area contributed by atoms with Crippen LogP contribution in [-0.4, -0.2) is 44.4 Å². The van der Waals surface area contributed by atoms with E-state index in [0.29, 0.717) is 6.10 Å². The molecular weight excluding hydrogens is 254 g/mol. The molecule has 1 aromatic rings. The van der Waals surface area contributed by atoms with Crippen LogP contribution in [0.5, 0.6) is 0 Å². The van der Waals surface area contributed by atoms with Gasteiger partial charge in [0, 0.05) is 32.2 Å². The fourth-order valence-corrected chi connectivity index (χ4v) is 3.81. The minimum Gasteiger partial charge on any atom is -0.465 e. The van der Waals surface area contributed by atoms with E-state index in [4.69, 9.17) is 13.9 Å². The minimum absolute atomic E-state index is 0.173. The molecule has 0 aliphatic carbocycles. The lowest BCUT2D eigenvalue weighted by atomic mass is 9.73. The normalized spacial score (nSPS) is 31.2. The smallest absolute Gasteiger partial charge is 0.118 e. The lowest BCUT2D eigenvalue weighted by molar-refractivity contribution is -0.149. The minimum atomic E-state index is 0.173. The largest absolute Gasteiger partial charge is 0.465 e. The maximum atomic E-state index is 6.01. The maximum Gasteiger partial charge on any atom is 0.118 e. The fourth-order valence-electron chi connectivity index (χ4n) is 3.81. The molecule has 20 heavy (non-hydrogen) atoms. The zero-order valence-corrected chi connectivity index (χ0v) is 12.6. The van der Waals surface area contributed by atoms with Crippen LogP contribution in [0.25, 0.3) is 0 Å². The number of likely N-dealkylation sites (tertiary alicyclic amines) is 1. The first-order chi connectivity index (χ1) is 9.72. The highest BCUT2D eigenvalue weighted by molar-refractivity contribution is 5.06. The topological polar surface area (TPSA) is 34.8 Å². The highest BCUT2D eigenvalue weighted by atomic mass is 16.5. The van der Waals surface area contributed by atoms with Gasteiger partial charge in [-0.25, -0.2) is 0 Å². The van der Waals surface area contributed by atoms with Gasteiger partial charge in [-0.3, -0.25) is 4.90 Å². The SMILES string of the molecule is COC[C@@]12CCCO[C@H]1CCN(Cc1ccc(C)o1)C2. The molecule has 2 aliphatic heterocycles. The number of rotatable bonds is 4. The molecule has 0 radical (unpaired) electrons. The van der Waals surface area contributed by atoms with Gasteiger partial charge in [0.05, 0.1) is 19.3 Å². The van der Waals surface area contributed by atoms with Crippen molar-refractivity contribution in [2.24, 2.45) is 5.41 Å². The van der Waals surface area contributed by atoms with Crippen molar-refractivity contribution in [2.75, 3.05) is 33.4 Å². The Balaban J connectivity index is 1.69. The Morgan fingerprint density at radius 2 is 2.35 bits per heavy atom. The van der Waals surface area contributed by atoms with E-state index < -0.39 is 0 Å². The summed E-state index contributed by atoms with van der Waals surface area (Å²) in [4.78, 5) is 2.49. The first-order valence-electron chi connectivity index (χ1n) is 7.60. The summed E-state index contributed by atoms with van der Waals surface area (Å²) in [6, 6.07) is 4.12. The lowest BCUT2D eigenvalue weighted by Crippen LogP contribution is -2.56. The van der Waals surface area contributed by atoms with E-state index in [-0.39, 0.29) is 5.41 Å². The molecule has 0 unspecified atom stereocenters. The number of fused-ring (bicyclic) bond motifs is 1. The lowest BCUT2D eigenvalue weighted by Gasteiger charge is -2.50. The predicted molar refractivity (Wildman–Crippen MR) is 76.6 cm³/mol. The summed E-state index contributed by atoms with van der Waals surface area (Å²) in [6.07, 6.45) is 3.82. The van der Waals surface area contributed by atoms with E-state index in [0.717, 1.165) is 57.2 Å². The Labute approximate surface area is 121 Å². The van der Waals surface area contributed by atoms with E-state index in [9.17, 15) is 0 Å². The van der Waals surface area contributed by atoms with Gasteiger partial charge in [0.15, 0.2) is 0 Å². The van der Waals surface area contributed by atoms with Gasteiger partial charge in [0.25, 0.3) is 0 Å². The van der Waals surface area contributed by atoms with Crippen LogP contribution in [0.1, 0.15) is 30.8 Å². The molecule has 4 nitrogen and oxygen atoms in total. The monoisotopic (exact) mass is 279 g/mol. The van der Waals surface area contributed by atoms with E-state index in [2.05, 4.69) is 11.0 Å². The molecule has 0 spiro atoms. The van der Waals surface area contributed by atoms with Crippen molar-refractivity contribution in [2.45, 2.75) is 38.8 Å². The number of ether oxygens (including phenoxy) is 2. The third-order valence-corrected chi connectivity index (χ3v) is 4.67. The average Bonchev–Trinajstić information content (AvgIpc) is 2.84. The second kappa shape index (κ2) is 5.88. The molecule has 2 atom stereocenters. The molecule has 3 heterocycles. The maximum absolute atomic E-state index is 6.01. The van der Waals surface area contributed by atoms with Gasteiger partial charge in [-0.1, -0.05) is 0 Å². The molecule has 1 aromatic heterocycles. The Kier molecular flexibility index (Phi) is 4.15. The molecule has 3 rings (SSSR count). The van der Waals surface area contributed by atoms with Gasteiger partial charge in [0.1, 0.15) is 11.5 Å². The van der Waals surface area contributed by atoms with Crippen molar-refractivity contribution in [3.8, 4) is 0 Å². The van der Waals surface area contributed by atoms with Crippen LogP contribution in [0.3, 0.4) is 0 Å². The molecular formula is C16H25NO3. The van der Waals surface area contributed by atoms with Gasteiger partial charge in [-0.05, 0) is 38.3 Å². The van der Waals surface area contributed by atoms with Gasteiger partial charge < -0.3 is 13.9 Å². The summed E-state index contributed by atoms with van der Waals surface area (Å²) in [5.41, 5.74) is 0.173. The predicted octanol–water partition coefficient (Wildman–Crippen LogP) is 2.61. The number of hydrogen-bond donors (Lipinski definition) is 0. The number of furan rings is 1. The average molecular weight is 279 g/mol. The number of methoxy groups -OCH3 is 1. The van der Waals surface area contributed by atoms with Gasteiger partial charge >= 0.3 is 0 Å². The number of piperidine rings is 1. The van der Waals surface area contributed by atoms with Crippen molar-refractivity contribution in [1.29, 1.82) is 0 Å². The zero-order chi connectivity index (χ0) is 14.0. The summed E-state index contributed by atoms with van der Waals surface area (Å²) in [6.45, 7) is 6.73. The molecule has 2 saturated heterocycles. The molecule has 0 bridgehead atoms. The summed E-state index contributed by atoms with van der Waals surface area (Å²) in [7, 11) is 1.80. The van der Waals surface area contributed by atoms with Gasteiger partial charge in [0.2, 0.25) is 0 Å². The molecule has 2 fully saturated rings. The highest BCUT2D eigenvalue weighted by Crippen LogP contribution is 2.40. The quantitative estimate of drug-likeness (QED) is 0.848. The van der Waals surface area contributed by atoms with Crippen LogP contribution in [0, 0.1) is 12.3 Å². The van der Waals surface area contributed by atoms with E-state index in [1.807, 2.05) is 13.0 Å². The Bertz CT molecular complexity index is 441. The standard InChI is InChI=1S/C16H25NO3/c1-13-4-5-14(20-13)10-17-8-6-15-16(11-17,12-18-2)7-3-9-19-15/h4-5,15H,3,6-12H2,1-2H3/t15-,16-/m0/s1. The molecule has 0 amide bonds. The first-order valence-corrected chi connectivity index (χ1v) is 7.60. The molecule has 4 heteroatoms. The third-order valence-electron chi connectivity index (χ3n) is 4.67. The summed E-state index contributed by atoms with van der Waals surface area (Å²) in [5, 5.41) is 0. The van der Waals surface area contributed by atoms with Crippen LogP contribution in [0.4, 0.5) is 0 Å². The molecule has 0 aromatic carbocycles. The molecule has 0 N–H and O–H groups in total. The number of aryl methyl sites for hydroxylation is 1. The molecule has 2 aliphatic rings. The highest BCUT2D eigenvalue weighted by Gasteiger charge is 2.45. The second-order valence-corrected chi connectivity index (χ2v) is 6.27. The summed E-state index contributed by atoms with van der Waals surface area (Å²) >= 11 is 0. The Morgan fingerprint density at radius 3 is 3.10 bits per heavy atom. The van der Waals surface area contributed by atoms with Crippen molar-refractivity contribution < 1.29 is 13.9 Å². The van der Waals surface area contributed by atoms with Crippen LogP contribution >= 0.6 is 0 Å². The second-order valence-electron chi connectivity index (χ2n) is 6.27. The van der Waals surface area contributed by atoms with Crippen molar-refractivity contribution in [3.63, 3.8) is 0 Å². The number of nitrogens with zero attached hydrogens (tertiary/aromatic N) is 1. The van der Waals surface area contributed by atoms with Crippen molar-refractivity contribution in [3.05, 3.63) is 23.7 Å². The number of hydrogen-bond acceptors (Lipinski definition) is 4. The van der Waals surface area contributed by atoms with Crippen molar-refractivity contribution >= 4 is 0 Å². The van der Waals surface area contributed by atoms with Crippen LogP contribution in [0.15, 0.2) is 16.5 Å². The molecule has 0 saturated carbocycles. The van der Waals surface area contributed by atoms with Crippen LogP contribution in [0.2, 0.25) is 0 Å². The van der Waals surface area contributed by atoms with E-state index in [1.54, 1.807) is 7.11 Å². The van der Waals surface area contributed by atoms with Crippen molar-refractivity contribution in [1.82, 2.24) is 4.90 Å². The fraction of sp³-hybridized carbons (Fsp3) is 0.750. The molecule has 112 valence electrons. The van der Waals surface area contributed by atoms with Gasteiger partial charge in [-0.2, -0.15) is 0 Å². The summed E-state index contributed by atoms with van der Waals surface area (Å²) in [5.74, 6) is 2.05. The van der Waals surface area contributed by atoms with Crippen LogP contribution in [-0.2, 0) is 16.0 Å². The Morgan fingerprint density at radius 1 is 1.45 bits per heavy atom. The Hall–Kier alpha value is -0.840. The van der Waals surface area contributed by atoms with E-state index in [1.165, 1.54) is 6.42 Å². The summed E-state index contributed by atoms with van der Waals surface area (Å²) < 4.78 is 17.2. The zero-order valence-electron chi connectivity index (χ0n) is 12.6. The third kappa shape index (κ3) is 2.78.